The highest BCUT2D eigenvalue weighted by atomic mass is 32.2. The number of hydrogen-bond donors (Lipinski definition) is 2. The summed E-state index contributed by atoms with van der Waals surface area (Å²) >= 11 is 0. The normalized spacial score (nSPS) is 16.6. The van der Waals surface area contributed by atoms with Gasteiger partial charge in [-0.25, -0.2) is 0 Å². The number of hydrogen-bond acceptors (Lipinski definition) is 4. The first-order valence-electron chi connectivity index (χ1n) is 11.4. The highest BCUT2D eigenvalue weighted by Gasteiger charge is 2.30. The molecule has 0 unspecified atom stereocenters. The van der Waals surface area contributed by atoms with Gasteiger partial charge in [-0.15, -0.1) is 0 Å². The third-order valence-electron chi connectivity index (χ3n) is 6.69. The van der Waals surface area contributed by atoms with Gasteiger partial charge in [0.05, 0.1) is 6.04 Å². The minimum absolute atomic E-state index is 0.248. The van der Waals surface area contributed by atoms with Crippen molar-refractivity contribution in [3.63, 3.8) is 0 Å². The molecule has 3 aromatic carbocycles. The first-order chi connectivity index (χ1) is 15.9. The molecule has 33 heavy (non-hydrogen) atoms. The molecule has 1 aliphatic carbocycles. The Labute approximate surface area is 196 Å². The van der Waals surface area contributed by atoms with Crippen LogP contribution in [0.25, 0.3) is 11.1 Å². The van der Waals surface area contributed by atoms with Crippen molar-refractivity contribution in [2.45, 2.75) is 24.9 Å². The third kappa shape index (κ3) is 4.36. The van der Waals surface area contributed by atoms with E-state index in [1.54, 1.807) is 0 Å². The number of piperidine rings is 1. The van der Waals surface area contributed by atoms with Crippen molar-refractivity contribution in [2.75, 3.05) is 36.8 Å². The first-order valence-corrected chi connectivity index (χ1v) is 12.9. The molecule has 1 aliphatic heterocycles. The zero-order chi connectivity index (χ0) is 23.0. The number of nitrogens with one attached hydrogen (secondary N) is 2. The van der Waals surface area contributed by atoms with E-state index in [0.29, 0.717) is 11.7 Å². The predicted octanol–water partition coefficient (Wildman–Crippen LogP) is 4.23. The van der Waals surface area contributed by atoms with Crippen molar-refractivity contribution < 1.29 is 8.42 Å². The lowest BCUT2D eigenvalue weighted by atomic mass is 9.99. The highest BCUT2D eigenvalue weighted by molar-refractivity contribution is 7.90. The van der Waals surface area contributed by atoms with Crippen LogP contribution in [0.5, 0.6) is 0 Å². The van der Waals surface area contributed by atoms with Gasteiger partial charge in [-0.3, -0.25) is 4.72 Å². The highest BCUT2D eigenvalue weighted by Crippen LogP contribution is 2.43. The minimum Gasteiger partial charge on any atom is -0.371 e. The summed E-state index contributed by atoms with van der Waals surface area (Å²) in [5.41, 5.74) is 7.12. The van der Waals surface area contributed by atoms with Crippen LogP contribution < -0.4 is 14.9 Å². The fourth-order valence-electron chi connectivity index (χ4n) is 4.86. The molecule has 1 saturated heterocycles. The smallest absolute Gasteiger partial charge is 0.301 e. The second kappa shape index (κ2) is 8.82. The molecule has 0 saturated carbocycles. The standard InChI is InChI=1S/C26H30N4O2S/c1-29(2)33(31,32)28-20-11-13-21(14-12-20)30-17-15-19(16-18-30)27-26-24-9-5-3-7-22(24)23-8-4-6-10-25(23)26/h3-14,19,26-28H,15-18H2,1-2H3. The largest absolute Gasteiger partial charge is 0.371 e. The van der Waals surface area contributed by atoms with Gasteiger partial charge >= 0.3 is 10.2 Å². The maximum absolute atomic E-state index is 12.0. The molecular formula is C26H30N4O2S. The first kappa shape index (κ1) is 21.9. The summed E-state index contributed by atoms with van der Waals surface area (Å²) in [5, 5.41) is 3.94. The van der Waals surface area contributed by atoms with Crippen LogP contribution in [0.1, 0.15) is 30.0 Å². The lowest BCUT2D eigenvalue weighted by molar-refractivity contribution is 0.393. The van der Waals surface area contributed by atoms with Gasteiger partial charge < -0.3 is 10.2 Å². The van der Waals surface area contributed by atoms with Crippen LogP contribution in [0.2, 0.25) is 0 Å². The Hall–Kier alpha value is -2.87. The number of benzene rings is 3. The Morgan fingerprint density at radius 2 is 1.36 bits per heavy atom. The van der Waals surface area contributed by atoms with Gasteiger partial charge in [-0.05, 0) is 59.4 Å². The van der Waals surface area contributed by atoms with Gasteiger partial charge in [0, 0.05) is 44.6 Å². The Morgan fingerprint density at radius 3 is 1.91 bits per heavy atom. The molecule has 0 atom stereocenters. The topological polar surface area (TPSA) is 64.7 Å². The molecule has 3 aromatic rings. The molecule has 7 heteroatoms. The Balaban J connectivity index is 1.23. The van der Waals surface area contributed by atoms with E-state index in [9.17, 15) is 8.42 Å². The second-order valence-electron chi connectivity index (χ2n) is 8.97. The van der Waals surface area contributed by atoms with Gasteiger partial charge in [0.15, 0.2) is 0 Å². The monoisotopic (exact) mass is 462 g/mol. The SMILES string of the molecule is CN(C)S(=O)(=O)Nc1ccc(N2CCC(NC3c4ccccc4-c4ccccc43)CC2)cc1. The number of nitrogens with zero attached hydrogens (tertiary/aromatic N) is 2. The molecule has 5 rings (SSSR count). The van der Waals surface area contributed by atoms with Crippen LogP contribution >= 0.6 is 0 Å². The van der Waals surface area contributed by atoms with Gasteiger partial charge in [0.25, 0.3) is 0 Å². The van der Waals surface area contributed by atoms with Gasteiger partial charge in [-0.2, -0.15) is 12.7 Å². The van der Waals surface area contributed by atoms with E-state index in [1.165, 1.54) is 40.7 Å². The lowest BCUT2D eigenvalue weighted by Gasteiger charge is -2.35. The van der Waals surface area contributed by atoms with E-state index in [-0.39, 0.29) is 6.04 Å². The van der Waals surface area contributed by atoms with Crippen molar-refractivity contribution in [3.05, 3.63) is 83.9 Å². The van der Waals surface area contributed by atoms with Gasteiger partial charge in [0.2, 0.25) is 0 Å². The van der Waals surface area contributed by atoms with E-state index < -0.39 is 10.2 Å². The predicted molar refractivity (Wildman–Crippen MR) is 135 cm³/mol. The molecule has 2 aliphatic rings. The van der Waals surface area contributed by atoms with Crippen LogP contribution in [0.3, 0.4) is 0 Å². The number of fused-ring (bicyclic) bond motifs is 3. The molecule has 0 radical (unpaired) electrons. The van der Waals surface area contributed by atoms with E-state index in [4.69, 9.17) is 0 Å². The molecule has 0 bridgehead atoms. The van der Waals surface area contributed by atoms with Crippen LogP contribution in [-0.2, 0) is 10.2 Å². The summed E-state index contributed by atoms with van der Waals surface area (Å²) in [6.07, 6.45) is 2.13. The lowest BCUT2D eigenvalue weighted by Crippen LogP contribution is -2.43. The summed E-state index contributed by atoms with van der Waals surface area (Å²) in [7, 11) is -0.466. The third-order valence-corrected chi connectivity index (χ3v) is 8.15. The van der Waals surface area contributed by atoms with Crippen LogP contribution in [0.15, 0.2) is 72.8 Å². The van der Waals surface area contributed by atoms with Gasteiger partial charge in [0.1, 0.15) is 0 Å². The maximum Gasteiger partial charge on any atom is 0.301 e. The van der Waals surface area contributed by atoms with Gasteiger partial charge in [-0.1, -0.05) is 48.5 Å². The summed E-state index contributed by atoms with van der Waals surface area (Å²) in [6, 6.07) is 25.8. The van der Waals surface area contributed by atoms with E-state index in [2.05, 4.69) is 63.5 Å². The number of rotatable bonds is 6. The second-order valence-corrected chi connectivity index (χ2v) is 10.9. The average Bonchev–Trinajstić information content (AvgIpc) is 3.14. The van der Waals surface area contributed by atoms with E-state index >= 15 is 0 Å². The average molecular weight is 463 g/mol. The Bertz CT molecular complexity index is 1190. The number of anilines is 2. The van der Waals surface area contributed by atoms with Crippen molar-refractivity contribution in [3.8, 4) is 11.1 Å². The molecule has 1 fully saturated rings. The molecule has 0 aromatic heterocycles. The molecule has 2 N–H and O–H groups in total. The maximum atomic E-state index is 12.0. The van der Waals surface area contributed by atoms with Crippen molar-refractivity contribution in [1.29, 1.82) is 0 Å². The fourth-order valence-corrected chi connectivity index (χ4v) is 5.47. The van der Waals surface area contributed by atoms with Crippen LogP contribution in [-0.4, -0.2) is 45.9 Å². The molecule has 1 heterocycles. The van der Waals surface area contributed by atoms with Crippen molar-refractivity contribution >= 4 is 21.6 Å². The molecular weight excluding hydrogens is 432 g/mol. The Morgan fingerprint density at radius 1 is 0.818 bits per heavy atom. The van der Waals surface area contributed by atoms with E-state index in [0.717, 1.165) is 31.6 Å². The zero-order valence-electron chi connectivity index (χ0n) is 19.0. The summed E-state index contributed by atoms with van der Waals surface area (Å²) in [5.74, 6) is 0. The van der Waals surface area contributed by atoms with Crippen molar-refractivity contribution in [1.82, 2.24) is 9.62 Å². The quantitative estimate of drug-likeness (QED) is 0.575. The van der Waals surface area contributed by atoms with Crippen LogP contribution in [0.4, 0.5) is 11.4 Å². The molecule has 172 valence electrons. The summed E-state index contributed by atoms with van der Waals surface area (Å²) in [6.45, 7) is 1.94. The zero-order valence-corrected chi connectivity index (χ0v) is 19.8. The van der Waals surface area contributed by atoms with Crippen LogP contribution in [0, 0.1) is 0 Å². The summed E-state index contributed by atoms with van der Waals surface area (Å²) < 4.78 is 27.8. The molecule has 6 nitrogen and oxygen atoms in total. The molecule has 0 amide bonds. The molecule has 0 spiro atoms. The van der Waals surface area contributed by atoms with Crippen molar-refractivity contribution in [2.24, 2.45) is 0 Å². The Kier molecular flexibility index (Phi) is 5.86. The fraction of sp³-hybridized carbons (Fsp3) is 0.308. The van der Waals surface area contributed by atoms with E-state index in [1.807, 2.05) is 24.3 Å². The summed E-state index contributed by atoms with van der Waals surface area (Å²) in [4.78, 5) is 2.37. The minimum atomic E-state index is -3.49.